The van der Waals surface area contributed by atoms with E-state index in [2.05, 4.69) is 12.8 Å². The average molecular weight is 306 g/mol. The molecule has 22 heavy (non-hydrogen) atoms. The SMILES string of the molecule is C#CCC(CCC)c1cc(OCCC)c(OCCC)cc1F. The second-order valence-corrected chi connectivity index (χ2v) is 5.41. The Morgan fingerprint density at radius 2 is 1.64 bits per heavy atom. The fourth-order valence-electron chi connectivity index (χ4n) is 2.37. The van der Waals surface area contributed by atoms with E-state index < -0.39 is 0 Å². The fourth-order valence-corrected chi connectivity index (χ4v) is 2.37. The summed E-state index contributed by atoms with van der Waals surface area (Å²) in [5.74, 6) is 3.51. The molecule has 1 unspecified atom stereocenters. The van der Waals surface area contributed by atoms with Crippen molar-refractivity contribution in [3.8, 4) is 23.8 Å². The van der Waals surface area contributed by atoms with Gasteiger partial charge in [0.15, 0.2) is 11.5 Å². The molecule has 0 radical (unpaired) electrons. The molecule has 1 aromatic carbocycles. The van der Waals surface area contributed by atoms with E-state index >= 15 is 0 Å². The topological polar surface area (TPSA) is 18.5 Å². The third kappa shape index (κ3) is 5.26. The third-order valence-electron chi connectivity index (χ3n) is 3.43. The zero-order valence-corrected chi connectivity index (χ0v) is 14.0. The molecule has 0 spiro atoms. The highest BCUT2D eigenvalue weighted by atomic mass is 19.1. The maximum atomic E-state index is 14.5. The quantitative estimate of drug-likeness (QED) is 0.545. The van der Waals surface area contributed by atoms with E-state index in [1.54, 1.807) is 6.07 Å². The molecule has 0 aliphatic heterocycles. The predicted octanol–water partition coefficient (Wildman–Crippen LogP) is 5.31. The molecule has 0 aliphatic carbocycles. The second kappa shape index (κ2) is 10.1. The first-order chi connectivity index (χ1) is 10.7. The van der Waals surface area contributed by atoms with E-state index in [1.165, 1.54) is 6.07 Å². The van der Waals surface area contributed by atoms with E-state index in [0.717, 1.165) is 25.7 Å². The summed E-state index contributed by atoms with van der Waals surface area (Å²) in [5.41, 5.74) is 0.634. The van der Waals surface area contributed by atoms with Crippen molar-refractivity contribution in [3.63, 3.8) is 0 Å². The van der Waals surface area contributed by atoms with Gasteiger partial charge in [0.2, 0.25) is 0 Å². The molecule has 0 aromatic heterocycles. The molecule has 1 aromatic rings. The van der Waals surface area contributed by atoms with E-state index in [1.807, 2.05) is 13.8 Å². The first kappa shape index (κ1) is 18.4. The Bertz CT molecular complexity index is 491. The first-order valence-corrected chi connectivity index (χ1v) is 8.20. The minimum Gasteiger partial charge on any atom is -0.490 e. The fraction of sp³-hybridized carbons (Fsp3) is 0.579. The van der Waals surface area contributed by atoms with Gasteiger partial charge in [-0.1, -0.05) is 27.2 Å². The molecule has 0 heterocycles. The Kier molecular flexibility index (Phi) is 8.43. The maximum absolute atomic E-state index is 14.5. The van der Waals surface area contributed by atoms with Crippen LogP contribution in [0.4, 0.5) is 4.39 Å². The molecule has 3 heteroatoms. The van der Waals surface area contributed by atoms with Crippen LogP contribution in [0.5, 0.6) is 11.5 Å². The summed E-state index contributed by atoms with van der Waals surface area (Å²) in [6, 6.07) is 3.21. The molecule has 0 bridgehead atoms. The van der Waals surface area contributed by atoms with Crippen molar-refractivity contribution in [1.29, 1.82) is 0 Å². The Hall–Kier alpha value is -1.69. The van der Waals surface area contributed by atoms with Crippen molar-refractivity contribution < 1.29 is 13.9 Å². The molecule has 0 amide bonds. The van der Waals surface area contributed by atoms with Crippen LogP contribution in [0.15, 0.2) is 12.1 Å². The minimum atomic E-state index is -0.261. The van der Waals surface area contributed by atoms with E-state index in [9.17, 15) is 4.39 Å². The van der Waals surface area contributed by atoms with Crippen molar-refractivity contribution >= 4 is 0 Å². The number of ether oxygens (including phenoxy) is 2. The van der Waals surface area contributed by atoms with Crippen LogP contribution < -0.4 is 9.47 Å². The highest BCUT2D eigenvalue weighted by Gasteiger charge is 2.19. The van der Waals surface area contributed by atoms with Gasteiger partial charge in [-0.05, 0) is 36.8 Å². The van der Waals surface area contributed by atoms with Gasteiger partial charge in [0.05, 0.1) is 13.2 Å². The predicted molar refractivity (Wildman–Crippen MR) is 89.1 cm³/mol. The Morgan fingerprint density at radius 1 is 1.05 bits per heavy atom. The lowest BCUT2D eigenvalue weighted by atomic mass is 9.91. The molecular weight excluding hydrogens is 279 g/mol. The lowest BCUT2D eigenvalue weighted by molar-refractivity contribution is 0.266. The standard InChI is InChI=1S/C19H27FO2/c1-5-9-15(10-6-2)16-13-18(21-11-7-3)19(14-17(16)20)22-12-8-4/h1,13-15H,6-12H2,2-4H3. The second-order valence-electron chi connectivity index (χ2n) is 5.41. The van der Waals surface area contributed by atoms with Crippen LogP contribution >= 0.6 is 0 Å². The molecule has 0 fully saturated rings. The van der Waals surface area contributed by atoms with Gasteiger partial charge >= 0.3 is 0 Å². The summed E-state index contributed by atoms with van der Waals surface area (Å²) in [4.78, 5) is 0. The smallest absolute Gasteiger partial charge is 0.164 e. The van der Waals surface area contributed by atoms with Gasteiger partial charge < -0.3 is 9.47 Å². The van der Waals surface area contributed by atoms with Crippen LogP contribution in [-0.2, 0) is 0 Å². The van der Waals surface area contributed by atoms with Gasteiger partial charge in [-0.15, -0.1) is 12.3 Å². The number of rotatable bonds is 10. The molecule has 2 nitrogen and oxygen atoms in total. The van der Waals surface area contributed by atoms with Crippen LogP contribution in [0.3, 0.4) is 0 Å². The van der Waals surface area contributed by atoms with Gasteiger partial charge in [0, 0.05) is 12.5 Å². The molecule has 1 atom stereocenters. The van der Waals surface area contributed by atoms with Crippen LogP contribution in [0.1, 0.15) is 64.4 Å². The van der Waals surface area contributed by atoms with E-state index in [4.69, 9.17) is 15.9 Å². The summed E-state index contributed by atoms with van der Waals surface area (Å²) < 4.78 is 25.8. The van der Waals surface area contributed by atoms with Crippen LogP contribution in [-0.4, -0.2) is 13.2 Å². The lowest BCUT2D eigenvalue weighted by Crippen LogP contribution is -2.06. The monoisotopic (exact) mass is 306 g/mol. The first-order valence-electron chi connectivity index (χ1n) is 8.20. The van der Waals surface area contributed by atoms with E-state index in [0.29, 0.717) is 36.7 Å². The van der Waals surface area contributed by atoms with Crippen molar-refractivity contribution in [2.45, 2.75) is 58.8 Å². The molecule has 0 N–H and O–H groups in total. The number of halogens is 1. The van der Waals surface area contributed by atoms with Gasteiger partial charge in [0.25, 0.3) is 0 Å². The summed E-state index contributed by atoms with van der Waals surface area (Å²) in [7, 11) is 0. The normalized spacial score (nSPS) is 11.8. The minimum absolute atomic E-state index is 0.0270. The molecule has 1 rings (SSSR count). The van der Waals surface area contributed by atoms with E-state index in [-0.39, 0.29) is 11.7 Å². The average Bonchev–Trinajstić information content (AvgIpc) is 2.51. The highest BCUT2D eigenvalue weighted by molar-refractivity contribution is 5.45. The van der Waals surface area contributed by atoms with Crippen molar-refractivity contribution in [2.24, 2.45) is 0 Å². The van der Waals surface area contributed by atoms with Crippen molar-refractivity contribution in [1.82, 2.24) is 0 Å². The third-order valence-corrected chi connectivity index (χ3v) is 3.43. The summed E-state index contributed by atoms with van der Waals surface area (Å²) in [6.07, 6.45) is 9.55. The zero-order valence-electron chi connectivity index (χ0n) is 14.0. The molecule has 0 saturated heterocycles. The summed E-state index contributed by atoms with van der Waals surface area (Å²) in [5, 5.41) is 0. The maximum Gasteiger partial charge on any atom is 0.164 e. The van der Waals surface area contributed by atoms with Gasteiger partial charge in [0.1, 0.15) is 5.82 Å². The largest absolute Gasteiger partial charge is 0.490 e. The highest BCUT2D eigenvalue weighted by Crippen LogP contribution is 2.36. The van der Waals surface area contributed by atoms with Crippen LogP contribution in [0.2, 0.25) is 0 Å². The van der Waals surface area contributed by atoms with Crippen LogP contribution in [0, 0.1) is 18.2 Å². The Labute approximate surface area is 134 Å². The Balaban J connectivity index is 3.13. The summed E-state index contributed by atoms with van der Waals surface area (Å²) in [6.45, 7) is 7.26. The number of terminal acetylenes is 1. The Morgan fingerprint density at radius 3 is 2.14 bits per heavy atom. The van der Waals surface area contributed by atoms with Crippen LogP contribution in [0.25, 0.3) is 0 Å². The van der Waals surface area contributed by atoms with Gasteiger partial charge in [-0.25, -0.2) is 4.39 Å². The molecular formula is C19H27FO2. The van der Waals surface area contributed by atoms with Crippen molar-refractivity contribution in [2.75, 3.05) is 13.2 Å². The lowest BCUT2D eigenvalue weighted by Gasteiger charge is -2.19. The molecule has 0 aliphatic rings. The van der Waals surface area contributed by atoms with Crippen molar-refractivity contribution in [3.05, 3.63) is 23.5 Å². The van der Waals surface area contributed by atoms with Gasteiger partial charge in [-0.2, -0.15) is 0 Å². The molecule has 122 valence electrons. The zero-order chi connectivity index (χ0) is 16.4. The molecule has 0 saturated carbocycles. The summed E-state index contributed by atoms with van der Waals surface area (Å²) >= 11 is 0. The number of benzene rings is 1. The van der Waals surface area contributed by atoms with Gasteiger partial charge in [-0.3, -0.25) is 0 Å². The number of hydrogen-bond donors (Lipinski definition) is 0. The number of hydrogen-bond acceptors (Lipinski definition) is 2.